The third-order valence-electron chi connectivity index (χ3n) is 6.79. The lowest BCUT2D eigenvalue weighted by Crippen LogP contribution is -2.52. The van der Waals surface area contributed by atoms with Crippen LogP contribution in [0.25, 0.3) is 0 Å². The van der Waals surface area contributed by atoms with E-state index in [1.165, 1.54) is 18.2 Å². The van der Waals surface area contributed by atoms with Gasteiger partial charge >= 0.3 is 5.97 Å². The number of carbonyl (C=O) groups is 1. The molecule has 3 heteroatoms. The normalized spacial score (nSPS) is 32.2. The van der Waals surface area contributed by atoms with Gasteiger partial charge < -0.3 is 9.84 Å². The molecule has 0 saturated heterocycles. The Labute approximate surface area is 145 Å². The predicted molar refractivity (Wildman–Crippen MR) is 95.3 cm³/mol. The second-order valence-electron chi connectivity index (χ2n) is 8.45. The molecule has 24 heavy (non-hydrogen) atoms. The summed E-state index contributed by atoms with van der Waals surface area (Å²) >= 11 is 0. The van der Waals surface area contributed by atoms with Crippen LogP contribution in [0.3, 0.4) is 0 Å². The van der Waals surface area contributed by atoms with Gasteiger partial charge in [0, 0.05) is 0 Å². The number of rotatable bonds is 2. The Kier molecular flexibility index (Phi) is 4.17. The number of carbonyl (C=O) groups excluding carboxylic acids is 1. The van der Waals surface area contributed by atoms with Crippen molar-refractivity contribution in [3.8, 4) is 5.75 Å². The second-order valence-corrected chi connectivity index (χ2v) is 8.45. The number of hydrogen-bond donors (Lipinski definition) is 1. The minimum Gasteiger partial charge on any atom is -0.508 e. The third-order valence-corrected chi connectivity index (χ3v) is 6.79. The highest BCUT2D eigenvalue weighted by Gasteiger charge is 2.55. The lowest BCUT2D eigenvalue weighted by atomic mass is 9.49. The lowest BCUT2D eigenvalue weighted by Gasteiger charge is -2.54. The van der Waals surface area contributed by atoms with Crippen LogP contribution in [0.4, 0.5) is 0 Å². The van der Waals surface area contributed by atoms with Gasteiger partial charge in [0.15, 0.2) is 0 Å². The van der Waals surface area contributed by atoms with E-state index in [4.69, 9.17) is 4.74 Å². The van der Waals surface area contributed by atoms with Gasteiger partial charge in [-0.1, -0.05) is 33.3 Å². The van der Waals surface area contributed by atoms with Crippen molar-refractivity contribution in [2.24, 2.45) is 11.3 Å². The molecule has 1 N–H and O–H groups in total. The first-order chi connectivity index (χ1) is 11.3. The number of esters is 1. The van der Waals surface area contributed by atoms with Crippen molar-refractivity contribution < 1.29 is 14.6 Å². The molecule has 2 aliphatic carbocycles. The van der Waals surface area contributed by atoms with Crippen molar-refractivity contribution >= 4 is 5.97 Å². The summed E-state index contributed by atoms with van der Waals surface area (Å²) in [6, 6.07) is 3.96. The van der Waals surface area contributed by atoms with Crippen molar-refractivity contribution in [2.75, 3.05) is 7.11 Å². The highest BCUT2D eigenvalue weighted by Crippen LogP contribution is 2.58. The first-order valence-corrected chi connectivity index (χ1v) is 9.19. The fourth-order valence-electron chi connectivity index (χ4n) is 5.70. The average molecular weight is 330 g/mol. The molecule has 1 aromatic rings. The highest BCUT2D eigenvalue weighted by molar-refractivity contribution is 5.77. The van der Waals surface area contributed by atoms with E-state index in [0.717, 1.165) is 37.7 Å². The molecule has 1 saturated carbocycles. The number of phenolic OH excluding ortho intramolecular Hbond substituents is 1. The van der Waals surface area contributed by atoms with Crippen LogP contribution in [-0.4, -0.2) is 18.2 Å². The molecule has 0 amide bonds. The van der Waals surface area contributed by atoms with Crippen LogP contribution in [0.5, 0.6) is 5.75 Å². The summed E-state index contributed by atoms with van der Waals surface area (Å²) in [5, 5.41) is 10.4. The van der Waals surface area contributed by atoms with Gasteiger partial charge in [0.25, 0.3) is 0 Å². The minimum absolute atomic E-state index is 0.0217. The van der Waals surface area contributed by atoms with Crippen LogP contribution in [0.15, 0.2) is 12.1 Å². The molecule has 0 aliphatic heterocycles. The molecule has 0 unspecified atom stereocenters. The van der Waals surface area contributed by atoms with Gasteiger partial charge in [-0.2, -0.15) is 0 Å². The van der Waals surface area contributed by atoms with E-state index in [0.29, 0.717) is 17.6 Å². The molecule has 132 valence electrons. The summed E-state index contributed by atoms with van der Waals surface area (Å²) in [6.45, 7) is 8.69. The molecule has 0 spiro atoms. The summed E-state index contributed by atoms with van der Waals surface area (Å²) in [7, 11) is 1.51. The summed E-state index contributed by atoms with van der Waals surface area (Å²) < 4.78 is 5.18. The molecule has 3 rings (SSSR count). The van der Waals surface area contributed by atoms with Crippen molar-refractivity contribution in [3.63, 3.8) is 0 Å². The number of benzene rings is 1. The van der Waals surface area contributed by atoms with E-state index in [9.17, 15) is 9.90 Å². The van der Waals surface area contributed by atoms with E-state index in [1.807, 2.05) is 6.07 Å². The Morgan fingerprint density at radius 2 is 2.00 bits per heavy atom. The zero-order valence-electron chi connectivity index (χ0n) is 15.6. The molecule has 1 fully saturated rings. The van der Waals surface area contributed by atoms with Crippen LogP contribution < -0.4 is 0 Å². The smallest absolute Gasteiger partial charge is 0.311 e. The fraction of sp³-hybridized carbons (Fsp3) is 0.667. The van der Waals surface area contributed by atoms with Gasteiger partial charge in [-0.3, -0.25) is 4.79 Å². The van der Waals surface area contributed by atoms with Crippen LogP contribution in [-0.2, 0) is 21.4 Å². The number of methoxy groups -OCH3 is 1. The number of hydrogen-bond acceptors (Lipinski definition) is 3. The fourth-order valence-corrected chi connectivity index (χ4v) is 5.70. The monoisotopic (exact) mass is 330 g/mol. The Morgan fingerprint density at radius 1 is 1.29 bits per heavy atom. The molecule has 2 aliphatic rings. The van der Waals surface area contributed by atoms with Crippen molar-refractivity contribution in [3.05, 3.63) is 28.8 Å². The van der Waals surface area contributed by atoms with E-state index in [2.05, 4.69) is 33.8 Å². The largest absolute Gasteiger partial charge is 0.508 e. The Hall–Kier alpha value is -1.51. The van der Waals surface area contributed by atoms with Crippen LogP contribution in [0.1, 0.15) is 76.0 Å². The molecular weight excluding hydrogens is 300 g/mol. The van der Waals surface area contributed by atoms with Gasteiger partial charge in [-0.15, -0.1) is 0 Å². The minimum atomic E-state index is -0.407. The van der Waals surface area contributed by atoms with Crippen molar-refractivity contribution in [2.45, 2.75) is 71.1 Å². The lowest BCUT2D eigenvalue weighted by molar-refractivity contribution is -0.161. The zero-order chi connectivity index (χ0) is 17.7. The topological polar surface area (TPSA) is 46.5 Å². The van der Waals surface area contributed by atoms with Crippen LogP contribution in [0, 0.1) is 11.3 Å². The first kappa shape index (κ1) is 17.3. The van der Waals surface area contributed by atoms with Crippen molar-refractivity contribution in [1.29, 1.82) is 0 Å². The van der Waals surface area contributed by atoms with Gasteiger partial charge in [-0.05, 0) is 72.6 Å². The van der Waals surface area contributed by atoms with Gasteiger partial charge in [0.05, 0.1) is 12.5 Å². The van der Waals surface area contributed by atoms with E-state index in [-0.39, 0.29) is 11.4 Å². The van der Waals surface area contributed by atoms with E-state index < -0.39 is 5.41 Å². The Balaban J connectivity index is 2.15. The van der Waals surface area contributed by atoms with E-state index >= 15 is 0 Å². The summed E-state index contributed by atoms with van der Waals surface area (Å²) in [5.41, 5.74) is 3.33. The SMILES string of the molecule is COC(=O)[C@]1(C)CCC[C@]2(C)c3ccc(O)c(C(C)C)c3CC[C@H]12. The standard InChI is InChI=1S/C21H30O3/c1-13(2)18-14-7-10-17-20(3,15(14)8-9-16(18)22)11-6-12-21(17,4)19(23)24-5/h8-9,13,17,22H,6-7,10-12H2,1-5H3/t17-,20+,21+/m0/s1. The zero-order valence-corrected chi connectivity index (χ0v) is 15.6. The first-order valence-electron chi connectivity index (χ1n) is 9.19. The number of aromatic hydroxyl groups is 1. The molecule has 0 bridgehead atoms. The van der Waals surface area contributed by atoms with Gasteiger partial charge in [0.2, 0.25) is 0 Å². The molecular formula is C21H30O3. The molecule has 0 heterocycles. The summed E-state index contributed by atoms with van der Waals surface area (Å²) in [5.74, 6) is 0.945. The number of phenols is 1. The van der Waals surface area contributed by atoms with Gasteiger partial charge in [0.1, 0.15) is 5.75 Å². The molecule has 0 radical (unpaired) electrons. The second kappa shape index (κ2) is 5.79. The summed E-state index contributed by atoms with van der Waals surface area (Å²) in [4.78, 5) is 12.6. The van der Waals surface area contributed by atoms with Gasteiger partial charge in [-0.25, -0.2) is 0 Å². The highest BCUT2D eigenvalue weighted by atomic mass is 16.5. The Morgan fingerprint density at radius 3 is 2.62 bits per heavy atom. The Bertz CT molecular complexity index is 663. The van der Waals surface area contributed by atoms with Crippen LogP contribution >= 0.6 is 0 Å². The number of ether oxygens (including phenoxy) is 1. The third kappa shape index (κ3) is 2.28. The summed E-state index contributed by atoms with van der Waals surface area (Å²) in [6.07, 6.45) is 4.96. The average Bonchev–Trinajstić information content (AvgIpc) is 2.52. The van der Waals surface area contributed by atoms with E-state index in [1.54, 1.807) is 0 Å². The maximum atomic E-state index is 12.6. The van der Waals surface area contributed by atoms with Crippen molar-refractivity contribution in [1.82, 2.24) is 0 Å². The molecule has 0 aromatic heterocycles. The maximum absolute atomic E-state index is 12.6. The number of fused-ring (bicyclic) bond motifs is 3. The van der Waals surface area contributed by atoms with Crippen LogP contribution in [0.2, 0.25) is 0 Å². The molecule has 3 atom stereocenters. The maximum Gasteiger partial charge on any atom is 0.311 e. The quantitative estimate of drug-likeness (QED) is 0.800. The predicted octanol–water partition coefficient (Wildman–Crippen LogP) is 4.70. The molecule has 1 aromatic carbocycles. The molecule has 3 nitrogen and oxygen atoms in total.